The summed E-state index contributed by atoms with van der Waals surface area (Å²) in [6.07, 6.45) is -0.352. The molecule has 1 aliphatic rings. The Balaban J connectivity index is 1.36. The van der Waals surface area contributed by atoms with Gasteiger partial charge >= 0.3 is 12.2 Å². The van der Waals surface area contributed by atoms with Crippen molar-refractivity contribution in [3.63, 3.8) is 0 Å². The number of halogens is 3. The molecule has 2 N–H and O–H groups in total. The van der Waals surface area contributed by atoms with Gasteiger partial charge in [0.15, 0.2) is 5.69 Å². The van der Waals surface area contributed by atoms with E-state index >= 15 is 0 Å². The topological polar surface area (TPSA) is 92.2 Å². The normalized spacial score (nSPS) is 16.1. The zero-order chi connectivity index (χ0) is 24.8. The molecule has 3 aromatic rings. The van der Waals surface area contributed by atoms with E-state index in [0.29, 0.717) is 12.2 Å². The lowest BCUT2D eigenvalue weighted by molar-refractivity contribution is -0.141. The van der Waals surface area contributed by atoms with Crippen molar-refractivity contribution in [2.24, 2.45) is 0 Å². The van der Waals surface area contributed by atoms with Gasteiger partial charge in [-0.25, -0.2) is 9.48 Å². The number of para-hydroxylation sites is 1. The largest absolute Gasteiger partial charge is 0.435 e. The summed E-state index contributed by atoms with van der Waals surface area (Å²) in [4.78, 5) is 31.1. The fraction of sp³-hybridized carbons (Fsp3) is 0.304. The number of thioether (sulfide) groups is 1. The van der Waals surface area contributed by atoms with Crippen LogP contribution in [-0.4, -0.2) is 62.7 Å². The van der Waals surface area contributed by atoms with Gasteiger partial charge in [0.05, 0.1) is 17.3 Å². The molecule has 1 aromatic carbocycles. The molecule has 8 nitrogen and oxygen atoms in total. The van der Waals surface area contributed by atoms with E-state index in [4.69, 9.17) is 0 Å². The van der Waals surface area contributed by atoms with Gasteiger partial charge in [-0.3, -0.25) is 9.78 Å². The molecule has 1 saturated heterocycles. The lowest BCUT2D eigenvalue weighted by Crippen LogP contribution is -2.47. The van der Waals surface area contributed by atoms with Crippen molar-refractivity contribution in [2.45, 2.75) is 12.2 Å². The number of rotatable bonds is 6. The van der Waals surface area contributed by atoms with Crippen LogP contribution >= 0.6 is 11.8 Å². The summed E-state index contributed by atoms with van der Waals surface area (Å²) in [7, 11) is 0. The number of benzene rings is 1. The molecular weight excluding hydrogens is 481 g/mol. The minimum absolute atomic E-state index is 0.0431. The number of pyridine rings is 1. The van der Waals surface area contributed by atoms with Crippen LogP contribution in [-0.2, 0) is 6.18 Å². The molecule has 0 radical (unpaired) electrons. The monoisotopic (exact) mass is 504 g/mol. The van der Waals surface area contributed by atoms with Crippen LogP contribution in [0.5, 0.6) is 0 Å². The number of amides is 3. The first kappa shape index (κ1) is 24.6. The van der Waals surface area contributed by atoms with E-state index in [1.807, 2.05) is 12.1 Å². The maximum atomic E-state index is 13.5. The van der Waals surface area contributed by atoms with Gasteiger partial charge in [0, 0.05) is 49.7 Å². The summed E-state index contributed by atoms with van der Waals surface area (Å²) in [5.74, 6) is 0.616. The predicted molar refractivity (Wildman–Crippen MR) is 125 cm³/mol. The second-order valence-electron chi connectivity index (χ2n) is 7.73. The average Bonchev–Trinajstić information content (AvgIpc) is 3.34. The van der Waals surface area contributed by atoms with E-state index in [1.165, 1.54) is 0 Å². The van der Waals surface area contributed by atoms with Crippen molar-refractivity contribution >= 4 is 23.7 Å². The van der Waals surface area contributed by atoms with Crippen LogP contribution in [0.15, 0.2) is 61.1 Å². The second-order valence-corrected chi connectivity index (χ2v) is 8.88. The smallest absolute Gasteiger partial charge is 0.350 e. The van der Waals surface area contributed by atoms with Crippen molar-refractivity contribution < 1.29 is 22.8 Å². The number of urea groups is 1. The molecule has 2 aromatic heterocycles. The number of hydrogen-bond donors (Lipinski definition) is 2. The van der Waals surface area contributed by atoms with Crippen LogP contribution in [0.25, 0.3) is 5.69 Å². The number of nitrogens with zero attached hydrogens (tertiary/aromatic N) is 4. The van der Waals surface area contributed by atoms with Gasteiger partial charge in [0.25, 0.3) is 5.91 Å². The second kappa shape index (κ2) is 10.8. The Morgan fingerprint density at radius 3 is 2.57 bits per heavy atom. The predicted octanol–water partition coefficient (Wildman–Crippen LogP) is 3.52. The van der Waals surface area contributed by atoms with E-state index < -0.39 is 23.3 Å². The maximum Gasteiger partial charge on any atom is 0.435 e. The first-order valence-corrected chi connectivity index (χ1v) is 12.0. The number of carbonyl (C=O) groups excluding carboxylic acids is 2. The van der Waals surface area contributed by atoms with Gasteiger partial charge in [-0.2, -0.15) is 30.0 Å². The van der Waals surface area contributed by atoms with Crippen molar-refractivity contribution in [3.05, 3.63) is 77.9 Å². The van der Waals surface area contributed by atoms with Crippen LogP contribution < -0.4 is 10.6 Å². The van der Waals surface area contributed by atoms with Gasteiger partial charge in [-0.1, -0.05) is 24.3 Å². The molecule has 1 unspecified atom stereocenters. The number of alkyl halides is 3. The van der Waals surface area contributed by atoms with Crippen LogP contribution in [0, 0.1) is 0 Å². The van der Waals surface area contributed by atoms with Crippen LogP contribution in [0.3, 0.4) is 0 Å². The Bertz CT molecular complexity index is 1160. The molecule has 1 fully saturated rings. The van der Waals surface area contributed by atoms with Gasteiger partial charge in [-0.15, -0.1) is 0 Å². The molecule has 184 valence electrons. The molecular formula is C23H23F3N6O2S. The third kappa shape index (κ3) is 5.94. The Hall–Kier alpha value is -3.54. The van der Waals surface area contributed by atoms with E-state index in [2.05, 4.69) is 20.7 Å². The Kier molecular flexibility index (Phi) is 7.59. The molecule has 0 aliphatic carbocycles. The quantitative estimate of drug-likeness (QED) is 0.502. The highest BCUT2D eigenvalue weighted by Crippen LogP contribution is 2.31. The van der Waals surface area contributed by atoms with Gasteiger partial charge in [0.1, 0.15) is 0 Å². The standard InChI is InChI=1S/C23H23F3N6O2S/c24-23(25,26)20-18(14-32(30-20)17-6-2-1-3-7-17)21(33)28-9-10-29-22(34)31-11-12-35-15-19(31)16-5-4-8-27-13-16/h1-8,13-14,19H,9-12,15H2,(H,28,33)(H,29,34). The summed E-state index contributed by atoms with van der Waals surface area (Å²) in [6, 6.07) is 11.5. The third-order valence-corrected chi connectivity index (χ3v) is 6.42. The third-order valence-electron chi connectivity index (χ3n) is 5.39. The van der Waals surface area contributed by atoms with E-state index in [0.717, 1.165) is 27.9 Å². The molecule has 3 heterocycles. The molecule has 0 spiro atoms. The molecule has 1 atom stereocenters. The summed E-state index contributed by atoms with van der Waals surface area (Å²) < 4.78 is 41.5. The number of nitrogens with one attached hydrogen (secondary N) is 2. The van der Waals surface area contributed by atoms with Crippen molar-refractivity contribution in [1.29, 1.82) is 0 Å². The average molecular weight is 505 g/mol. The molecule has 0 bridgehead atoms. The number of hydrogen-bond acceptors (Lipinski definition) is 5. The van der Waals surface area contributed by atoms with Crippen molar-refractivity contribution in [3.8, 4) is 5.69 Å². The summed E-state index contributed by atoms with van der Waals surface area (Å²) in [6.45, 7) is 0.566. The zero-order valence-corrected chi connectivity index (χ0v) is 19.4. The molecule has 4 rings (SSSR count). The van der Waals surface area contributed by atoms with Gasteiger partial charge in [0.2, 0.25) is 0 Å². The highest BCUT2D eigenvalue weighted by molar-refractivity contribution is 7.99. The zero-order valence-electron chi connectivity index (χ0n) is 18.5. The van der Waals surface area contributed by atoms with Gasteiger partial charge < -0.3 is 15.5 Å². The molecule has 35 heavy (non-hydrogen) atoms. The van der Waals surface area contributed by atoms with E-state index in [-0.39, 0.29) is 25.2 Å². The molecule has 0 saturated carbocycles. The molecule has 12 heteroatoms. The summed E-state index contributed by atoms with van der Waals surface area (Å²) >= 11 is 1.75. The lowest BCUT2D eigenvalue weighted by atomic mass is 10.1. The molecule has 3 amide bonds. The SMILES string of the molecule is O=C(NCCNC(=O)N1CCSCC1c1cccnc1)c1cn(-c2ccccc2)nc1C(F)(F)F. The summed E-state index contributed by atoms with van der Waals surface area (Å²) in [5.41, 5.74) is -0.532. The van der Waals surface area contributed by atoms with Crippen LogP contribution in [0.2, 0.25) is 0 Å². The first-order chi connectivity index (χ1) is 16.8. The number of aromatic nitrogens is 3. The lowest BCUT2D eigenvalue weighted by Gasteiger charge is -2.35. The highest BCUT2D eigenvalue weighted by Gasteiger charge is 2.39. The Labute approximate surface area is 203 Å². The van der Waals surface area contributed by atoms with Crippen molar-refractivity contribution in [1.82, 2.24) is 30.3 Å². The van der Waals surface area contributed by atoms with Gasteiger partial charge in [-0.05, 0) is 23.8 Å². The first-order valence-electron chi connectivity index (χ1n) is 10.9. The van der Waals surface area contributed by atoms with Crippen molar-refractivity contribution in [2.75, 3.05) is 31.1 Å². The van der Waals surface area contributed by atoms with E-state index in [9.17, 15) is 22.8 Å². The fourth-order valence-corrected chi connectivity index (χ4v) is 4.79. The van der Waals surface area contributed by atoms with E-state index in [1.54, 1.807) is 59.4 Å². The minimum atomic E-state index is -4.80. The maximum absolute atomic E-state index is 13.5. The molecule has 1 aliphatic heterocycles. The summed E-state index contributed by atoms with van der Waals surface area (Å²) in [5, 5.41) is 8.75. The number of carbonyl (C=O) groups is 2. The Morgan fingerprint density at radius 1 is 1.09 bits per heavy atom. The highest BCUT2D eigenvalue weighted by atomic mass is 32.2. The minimum Gasteiger partial charge on any atom is -0.350 e. The van der Waals surface area contributed by atoms with Crippen LogP contribution in [0.1, 0.15) is 27.7 Å². The van der Waals surface area contributed by atoms with Crippen LogP contribution in [0.4, 0.5) is 18.0 Å². The Morgan fingerprint density at radius 2 is 1.86 bits per heavy atom. The fourth-order valence-electron chi connectivity index (χ4n) is 3.70.